The van der Waals surface area contributed by atoms with Gasteiger partial charge in [-0.15, -0.1) is 0 Å². The first-order chi connectivity index (χ1) is 9.49. The molecule has 1 atom stereocenters. The highest BCUT2D eigenvalue weighted by Gasteiger charge is 2.17. The van der Waals surface area contributed by atoms with E-state index in [4.69, 9.17) is 27.7 Å². The van der Waals surface area contributed by atoms with E-state index < -0.39 is 6.10 Å². The second-order valence-corrected chi connectivity index (χ2v) is 5.46. The third-order valence-corrected chi connectivity index (χ3v) is 3.40. The van der Waals surface area contributed by atoms with Crippen molar-refractivity contribution in [3.63, 3.8) is 0 Å². The van der Waals surface area contributed by atoms with E-state index in [0.717, 1.165) is 0 Å². The second kappa shape index (κ2) is 6.43. The molecule has 1 aromatic carbocycles. The number of aromatic nitrogens is 2. The number of aliphatic hydroxyl groups is 1. The van der Waals surface area contributed by atoms with Gasteiger partial charge in [0.05, 0.1) is 6.10 Å². The number of hydrogen-bond donors (Lipinski definition) is 2. The summed E-state index contributed by atoms with van der Waals surface area (Å²) in [5, 5.41) is 17.7. The Morgan fingerprint density at radius 3 is 2.50 bits per heavy atom. The van der Waals surface area contributed by atoms with Crippen molar-refractivity contribution in [3.8, 4) is 0 Å². The molecule has 0 aliphatic rings. The molecule has 0 bridgehead atoms. The van der Waals surface area contributed by atoms with Gasteiger partial charge in [-0.25, -0.2) is 0 Å². The summed E-state index contributed by atoms with van der Waals surface area (Å²) in [6.07, 6.45) is -0.870. The van der Waals surface area contributed by atoms with Crippen molar-refractivity contribution < 1.29 is 9.63 Å². The minimum absolute atomic E-state index is 0.170. The van der Waals surface area contributed by atoms with Crippen LogP contribution in [0, 0.1) is 0 Å². The topological polar surface area (TPSA) is 71.2 Å². The molecule has 0 radical (unpaired) electrons. The fourth-order valence-electron chi connectivity index (χ4n) is 1.66. The highest BCUT2D eigenvalue weighted by Crippen LogP contribution is 2.30. The molecule has 108 valence electrons. The summed E-state index contributed by atoms with van der Waals surface area (Å²) >= 11 is 12.1. The number of nitrogens with zero attached hydrogens (tertiary/aromatic N) is 2. The van der Waals surface area contributed by atoms with E-state index in [1.165, 1.54) is 0 Å². The molecule has 0 saturated carbocycles. The van der Waals surface area contributed by atoms with E-state index in [-0.39, 0.29) is 18.5 Å². The number of anilines is 1. The fraction of sp³-hybridized carbons (Fsp3) is 0.385. The predicted octanol–water partition coefficient (Wildman–Crippen LogP) is 3.65. The number of aliphatic hydroxyl groups excluding tert-OH is 1. The molecule has 0 aliphatic carbocycles. The largest absolute Gasteiger partial charge is 0.386 e. The summed E-state index contributed by atoms with van der Waals surface area (Å²) in [5.41, 5.74) is 0.479. The average Bonchev–Trinajstić information content (AvgIpc) is 2.85. The monoisotopic (exact) mass is 315 g/mol. The third-order valence-electron chi connectivity index (χ3n) is 2.74. The average molecular weight is 316 g/mol. The Labute approximate surface area is 126 Å². The van der Waals surface area contributed by atoms with E-state index in [0.29, 0.717) is 21.4 Å². The molecule has 5 nitrogen and oxygen atoms in total. The van der Waals surface area contributed by atoms with E-state index in [1.54, 1.807) is 18.2 Å². The van der Waals surface area contributed by atoms with Crippen molar-refractivity contribution in [2.24, 2.45) is 0 Å². The lowest BCUT2D eigenvalue weighted by molar-refractivity contribution is 0.190. The summed E-state index contributed by atoms with van der Waals surface area (Å²) in [7, 11) is 0. The zero-order valence-electron chi connectivity index (χ0n) is 11.1. The van der Waals surface area contributed by atoms with Crippen molar-refractivity contribution in [3.05, 3.63) is 39.6 Å². The zero-order valence-corrected chi connectivity index (χ0v) is 12.6. The van der Waals surface area contributed by atoms with Crippen molar-refractivity contribution in [2.75, 3.05) is 11.9 Å². The fourth-order valence-corrected chi connectivity index (χ4v) is 2.31. The minimum Gasteiger partial charge on any atom is -0.386 e. The van der Waals surface area contributed by atoms with Crippen molar-refractivity contribution in [1.29, 1.82) is 0 Å². The van der Waals surface area contributed by atoms with Gasteiger partial charge in [0.25, 0.3) is 0 Å². The maximum absolute atomic E-state index is 10.1. The minimum atomic E-state index is -0.870. The molecule has 7 heteroatoms. The Morgan fingerprint density at radius 1 is 1.30 bits per heavy atom. The van der Waals surface area contributed by atoms with Crippen LogP contribution in [-0.4, -0.2) is 21.8 Å². The zero-order chi connectivity index (χ0) is 14.7. The first-order valence-corrected chi connectivity index (χ1v) is 6.94. The molecule has 0 aliphatic heterocycles. The molecule has 20 heavy (non-hydrogen) atoms. The van der Waals surface area contributed by atoms with Crippen LogP contribution in [0.2, 0.25) is 10.0 Å². The van der Waals surface area contributed by atoms with Gasteiger partial charge in [-0.05, 0) is 12.1 Å². The second-order valence-electron chi connectivity index (χ2n) is 4.64. The number of hydrogen-bond acceptors (Lipinski definition) is 5. The number of rotatable bonds is 5. The molecule has 2 aromatic rings. The van der Waals surface area contributed by atoms with E-state index in [2.05, 4.69) is 15.5 Å². The molecule has 0 amide bonds. The van der Waals surface area contributed by atoms with Crippen molar-refractivity contribution >= 4 is 29.2 Å². The lowest BCUT2D eigenvalue weighted by Crippen LogP contribution is -2.13. The predicted molar refractivity (Wildman–Crippen MR) is 78.3 cm³/mol. The highest BCUT2D eigenvalue weighted by molar-refractivity contribution is 6.36. The van der Waals surface area contributed by atoms with Gasteiger partial charge in [0.15, 0.2) is 5.82 Å². The highest BCUT2D eigenvalue weighted by atomic mass is 35.5. The van der Waals surface area contributed by atoms with Crippen LogP contribution in [0.15, 0.2) is 22.7 Å². The lowest BCUT2D eigenvalue weighted by atomic mass is 10.1. The summed E-state index contributed by atoms with van der Waals surface area (Å²) in [6.45, 7) is 4.10. The van der Waals surface area contributed by atoms with Crippen LogP contribution in [0.4, 0.5) is 6.01 Å². The summed E-state index contributed by atoms with van der Waals surface area (Å²) in [5.74, 6) is 0.787. The van der Waals surface area contributed by atoms with Crippen LogP contribution in [0.5, 0.6) is 0 Å². The van der Waals surface area contributed by atoms with Gasteiger partial charge in [-0.1, -0.05) is 48.3 Å². The van der Waals surface area contributed by atoms with Crippen molar-refractivity contribution in [2.45, 2.75) is 25.9 Å². The molecule has 1 heterocycles. The van der Waals surface area contributed by atoms with Gasteiger partial charge in [0.1, 0.15) is 0 Å². The van der Waals surface area contributed by atoms with Crippen LogP contribution in [0.25, 0.3) is 0 Å². The molecular formula is C13H15Cl2N3O2. The van der Waals surface area contributed by atoms with E-state index in [1.807, 2.05) is 13.8 Å². The van der Waals surface area contributed by atoms with Crippen LogP contribution >= 0.6 is 23.2 Å². The smallest absolute Gasteiger partial charge is 0.321 e. The Hall–Kier alpha value is -1.30. The summed E-state index contributed by atoms with van der Waals surface area (Å²) < 4.78 is 5.02. The standard InChI is InChI=1S/C13H15Cl2N3O2/c1-7(2)12-17-13(20-18-12)16-6-10(19)11-8(14)4-3-5-9(11)15/h3-5,7,10,19H,6H2,1-2H3,(H,16,17,18). The molecule has 2 rings (SSSR count). The molecular weight excluding hydrogens is 301 g/mol. The molecule has 2 N–H and O–H groups in total. The van der Waals surface area contributed by atoms with Gasteiger partial charge >= 0.3 is 6.01 Å². The Bertz CT molecular complexity index is 566. The Balaban J connectivity index is 2.03. The van der Waals surface area contributed by atoms with Crippen LogP contribution in [0.1, 0.15) is 37.3 Å². The first-order valence-electron chi connectivity index (χ1n) is 6.18. The number of halogens is 2. The summed E-state index contributed by atoms with van der Waals surface area (Å²) in [6, 6.07) is 5.34. The number of benzene rings is 1. The third kappa shape index (κ3) is 3.42. The normalized spacial score (nSPS) is 12.7. The van der Waals surface area contributed by atoms with Gasteiger partial charge in [-0.2, -0.15) is 4.98 Å². The molecule has 0 spiro atoms. The molecule has 1 unspecified atom stereocenters. The number of nitrogens with one attached hydrogen (secondary N) is 1. The molecule has 0 fully saturated rings. The quantitative estimate of drug-likeness (QED) is 0.881. The maximum atomic E-state index is 10.1. The Kier molecular flexibility index (Phi) is 4.86. The van der Waals surface area contributed by atoms with Crippen LogP contribution < -0.4 is 5.32 Å². The Morgan fingerprint density at radius 2 is 1.95 bits per heavy atom. The summed E-state index contributed by atoms with van der Waals surface area (Å²) in [4.78, 5) is 4.15. The maximum Gasteiger partial charge on any atom is 0.321 e. The van der Waals surface area contributed by atoms with Crippen LogP contribution in [0.3, 0.4) is 0 Å². The molecule has 1 aromatic heterocycles. The van der Waals surface area contributed by atoms with Crippen LogP contribution in [-0.2, 0) is 0 Å². The first kappa shape index (κ1) is 15.1. The van der Waals surface area contributed by atoms with Gasteiger partial charge < -0.3 is 14.9 Å². The van der Waals surface area contributed by atoms with E-state index in [9.17, 15) is 5.11 Å². The van der Waals surface area contributed by atoms with Gasteiger partial charge in [0.2, 0.25) is 0 Å². The molecule has 0 saturated heterocycles. The lowest BCUT2D eigenvalue weighted by Gasteiger charge is -2.14. The van der Waals surface area contributed by atoms with Gasteiger partial charge in [-0.3, -0.25) is 0 Å². The van der Waals surface area contributed by atoms with Gasteiger partial charge in [0, 0.05) is 28.1 Å². The van der Waals surface area contributed by atoms with E-state index >= 15 is 0 Å². The SMILES string of the molecule is CC(C)c1noc(NCC(O)c2c(Cl)cccc2Cl)n1. The van der Waals surface area contributed by atoms with Crippen molar-refractivity contribution in [1.82, 2.24) is 10.1 Å².